The van der Waals surface area contributed by atoms with Gasteiger partial charge in [-0.25, -0.2) is 4.79 Å². The molecular formula is C26H20F12N2O3. The van der Waals surface area contributed by atoms with Crippen molar-refractivity contribution in [3.05, 3.63) is 64.7 Å². The van der Waals surface area contributed by atoms with Gasteiger partial charge in [0.1, 0.15) is 5.54 Å². The van der Waals surface area contributed by atoms with Crippen LogP contribution in [0, 0.1) is 5.92 Å². The highest BCUT2D eigenvalue weighted by atomic mass is 19.4. The number of benzene rings is 2. The zero-order valence-corrected chi connectivity index (χ0v) is 21.7. The number of ether oxygens (including phenoxy) is 1. The van der Waals surface area contributed by atoms with Gasteiger partial charge in [-0.15, -0.1) is 0 Å². The van der Waals surface area contributed by atoms with E-state index < -0.39 is 100 Å². The summed E-state index contributed by atoms with van der Waals surface area (Å²) >= 11 is 0. The molecule has 5 nitrogen and oxygen atoms in total. The molecule has 17 heteroatoms. The highest BCUT2D eigenvalue weighted by molar-refractivity contribution is 6.00. The van der Waals surface area contributed by atoms with Gasteiger partial charge in [-0.1, -0.05) is 18.2 Å². The second-order valence-corrected chi connectivity index (χ2v) is 10.1. The Morgan fingerprint density at radius 3 is 1.86 bits per heavy atom. The molecule has 1 heterocycles. The molecule has 2 atom stereocenters. The molecule has 0 bridgehead atoms. The van der Waals surface area contributed by atoms with Crippen LogP contribution in [0.3, 0.4) is 0 Å². The summed E-state index contributed by atoms with van der Waals surface area (Å²) in [5.41, 5.74) is -9.18. The average Bonchev–Trinajstić information content (AvgIpc) is 3.73. The number of hydrogen-bond donors (Lipinski definition) is 0. The van der Waals surface area contributed by atoms with Crippen molar-refractivity contribution >= 4 is 17.7 Å². The van der Waals surface area contributed by atoms with Gasteiger partial charge < -0.3 is 4.74 Å². The molecule has 0 radical (unpaired) electrons. The summed E-state index contributed by atoms with van der Waals surface area (Å²) in [5, 5.41) is 0. The number of methoxy groups -OCH3 is 1. The lowest BCUT2D eigenvalue weighted by molar-refractivity contribution is -0.210. The minimum atomic E-state index is -5.76. The maximum atomic E-state index is 14.9. The molecule has 2 unspecified atom stereocenters. The molecule has 0 aromatic heterocycles. The van der Waals surface area contributed by atoms with E-state index in [4.69, 9.17) is 0 Å². The third-order valence-corrected chi connectivity index (χ3v) is 7.42. The van der Waals surface area contributed by atoms with E-state index in [1.54, 1.807) is 0 Å². The van der Waals surface area contributed by atoms with Crippen molar-refractivity contribution < 1.29 is 67.0 Å². The number of carbonyl (C=O) groups excluding carboxylic acids is 2. The number of fused-ring (bicyclic) bond motifs is 1. The molecule has 1 fully saturated rings. The first-order valence-corrected chi connectivity index (χ1v) is 12.3. The zero-order valence-electron chi connectivity index (χ0n) is 21.7. The van der Waals surface area contributed by atoms with Crippen LogP contribution in [0.1, 0.15) is 47.6 Å². The second kappa shape index (κ2) is 10.5. The van der Waals surface area contributed by atoms with Gasteiger partial charge in [-0.05, 0) is 54.2 Å². The first kappa shape index (κ1) is 32.3. The Bertz CT molecular complexity index is 1360. The van der Waals surface area contributed by atoms with Crippen LogP contribution < -0.4 is 4.90 Å². The van der Waals surface area contributed by atoms with Gasteiger partial charge in [0.05, 0.1) is 30.0 Å². The molecule has 1 aliphatic carbocycles. The second-order valence-electron chi connectivity index (χ2n) is 10.1. The Labute approximate surface area is 235 Å². The predicted molar refractivity (Wildman–Crippen MR) is 123 cm³/mol. The third kappa shape index (κ3) is 5.94. The minimum Gasteiger partial charge on any atom is -0.453 e. The number of hydrogen-bond acceptors (Lipinski definition) is 3. The smallest absolute Gasteiger partial charge is 0.453 e. The molecule has 2 aromatic rings. The molecule has 1 aliphatic heterocycles. The number of anilines is 1. The number of rotatable bonds is 4. The summed E-state index contributed by atoms with van der Waals surface area (Å²) in [6, 6.07) is 2.44. The topological polar surface area (TPSA) is 49.9 Å². The van der Waals surface area contributed by atoms with E-state index in [9.17, 15) is 62.3 Å². The predicted octanol–water partition coefficient (Wildman–Crippen LogP) is 8.04. The molecule has 236 valence electrons. The highest BCUT2D eigenvalue weighted by Crippen LogP contribution is 2.61. The van der Waals surface area contributed by atoms with Gasteiger partial charge in [0.15, 0.2) is 0 Å². The molecule has 0 N–H and O–H groups in total. The number of carbonyl (C=O) groups is 2. The fourth-order valence-electron chi connectivity index (χ4n) is 5.49. The molecule has 2 aliphatic rings. The minimum absolute atomic E-state index is 0.190. The van der Waals surface area contributed by atoms with Gasteiger partial charge >= 0.3 is 36.7 Å². The van der Waals surface area contributed by atoms with Gasteiger partial charge in [-0.2, -0.15) is 52.7 Å². The standard InChI is InChI=1S/C26H20F12N2O3/c1-43-21(42)39(12-13-8-15(23(27,28)29)10-16(9-13)24(30,31)32)19-11-22(14-6-7-14,26(36,37)38)40(20(41)25(33,34)35)18-5-3-2-4-17(18)19/h2-5,8-10,14,19H,6-7,11-12H2,1H3. The first-order valence-electron chi connectivity index (χ1n) is 12.3. The third-order valence-electron chi connectivity index (χ3n) is 7.42. The Morgan fingerprint density at radius 1 is 0.884 bits per heavy atom. The molecule has 43 heavy (non-hydrogen) atoms. The van der Waals surface area contributed by atoms with Gasteiger partial charge in [0.25, 0.3) is 0 Å². The number of alkyl halides is 12. The van der Waals surface area contributed by atoms with E-state index in [-0.39, 0.29) is 31.0 Å². The van der Waals surface area contributed by atoms with Crippen LogP contribution in [-0.4, -0.2) is 41.9 Å². The van der Waals surface area contributed by atoms with Gasteiger partial charge in [-0.3, -0.25) is 14.6 Å². The van der Waals surface area contributed by atoms with Crippen LogP contribution in [0.25, 0.3) is 0 Å². The maximum absolute atomic E-state index is 14.9. The summed E-state index contributed by atoms with van der Waals surface area (Å²) < 4.78 is 171. The lowest BCUT2D eigenvalue weighted by Gasteiger charge is -2.52. The van der Waals surface area contributed by atoms with Crippen LogP contribution in [0.5, 0.6) is 0 Å². The van der Waals surface area contributed by atoms with E-state index >= 15 is 0 Å². The molecule has 0 spiro atoms. The van der Waals surface area contributed by atoms with E-state index in [0.29, 0.717) is 4.90 Å². The monoisotopic (exact) mass is 636 g/mol. The summed E-state index contributed by atoms with van der Waals surface area (Å²) in [4.78, 5) is 25.5. The number of para-hydroxylation sites is 1. The van der Waals surface area contributed by atoms with E-state index in [0.717, 1.165) is 25.3 Å². The fraction of sp³-hybridized carbons (Fsp3) is 0.462. The lowest BCUT2D eigenvalue weighted by Crippen LogP contribution is -2.68. The number of nitrogens with zero attached hydrogens (tertiary/aromatic N) is 2. The molecule has 0 saturated heterocycles. The lowest BCUT2D eigenvalue weighted by atomic mass is 9.76. The number of halogens is 12. The molecule has 1 saturated carbocycles. The largest absolute Gasteiger partial charge is 0.471 e. The van der Waals surface area contributed by atoms with Crippen molar-refractivity contribution in [3.8, 4) is 0 Å². The van der Waals surface area contributed by atoms with Crippen LogP contribution >= 0.6 is 0 Å². The highest BCUT2D eigenvalue weighted by Gasteiger charge is 2.71. The van der Waals surface area contributed by atoms with E-state index in [1.807, 2.05) is 0 Å². The first-order chi connectivity index (χ1) is 19.6. The maximum Gasteiger partial charge on any atom is 0.471 e. The van der Waals surface area contributed by atoms with Crippen LogP contribution in [0.15, 0.2) is 42.5 Å². The molecule has 2 amide bonds. The molecule has 2 aromatic carbocycles. The van der Waals surface area contributed by atoms with Crippen LogP contribution in [-0.2, 0) is 28.4 Å². The van der Waals surface area contributed by atoms with E-state index in [1.165, 1.54) is 6.07 Å². The Morgan fingerprint density at radius 2 is 1.42 bits per heavy atom. The summed E-state index contributed by atoms with van der Waals surface area (Å²) in [7, 11) is 0.745. The summed E-state index contributed by atoms with van der Waals surface area (Å²) in [6.45, 7) is -1.16. The Balaban J connectivity index is 1.95. The van der Waals surface area contributed by atoms with E-state index in [2.05, 4.69) is 4.74 Å². The fourth-order valence-corrected chi connectivity index (χ4v) is 5.49. The van der Waals surface area contributed by atoms with Crippen molar-refractivity contribution in [2.75, 3.05) is 12.0 Å². The van der Waals surface area contributed by atoms with Crippen molar-refractivity contribution in [2.24, 2.45) is 5.92 Å². The van der Waals surface area contributed by atoms with Crippen molar-refractivity contribution in [3.63, 3.8) is 0 Å². The molecular weight excluding hydrogens is 616 g/mol. The Kier molecular flexibility index (Phi) is 7.88. The van der Waals surface area contributed by atoms with Crippen LogP contribution in [0.2, 0.25) is 0 Å². The number of amides is 2. The van der Waals surface area contributed by atoms with Crippen molar-refractivity contribution in [1.29, 1.82) is 0 Å². The average molecular weight is 636 g/mol. The zero-order chi connectivity index (χ0) is 32.3. The normalized spacial score (nSPS) is 21.3. The summed E-state index contributed by atoms with van der Waals surface area (Å²) in [5.74, 6) is -4.39. The van der Waals surface area contributed by atoms with Gasteiger partial charge in [0.2, 0.25) is 0 Å². The van der Waals surface area contributed by atoms with Gasteiger partial charge in [0, 0.05) is 13.0 Å². The summed E-state index contributed by atoms with van der Waals surface area (Å²) in [6.07, 6.45) is -25.3. The molecule has 4 rings (SSSR count). The van der Waals surface area contributed by atoms with Crippen LogP contribution in [0.4, 0.5) is 63.2 Å². The Hall–Kier alpha value is -3.66. The quantitative estimate of drug-likeness (QED) is 0.320. The van der Waals surface area contributed by atoms with Crippen molar-refractivity contribution in [2.45, 2.75) is 62.1 Å². The SMILES string of the molecule is COC(=O)N(Cc1cc(C(F)(F)F)cc(C(F)(F)F)c1)C1CC(C2CC2)(C(F)(F)F)N(C(=O)C(F)(F)F)c2ccccc21. The van der Waals surface area contributed by atoms with Crippen molar-refractivity contribution in [1.82, 2.24) is 4.90 Å².